The number of carbonyl (C=O) groups is 3. The van der Waals surface area contributed by atoms with Crippen LogP contribution in [0.5, 0.6) is 0 Å². The van der Waals surface area contributed by atoms with Gasteiger partial charge in [0.1, 0.15) is 6.10 Å². The third-order valence-electron chi connectivity index (χ3n) is 1.21. The zero-order valence-corrected chi connectivity index (χ0v) is 13.4. The average Bonchev–Trinajstić information content (AvgIpc) is 2.01. The maximum atomic E-state index is 10.8. The van der Waals surface area contributed by atoms with Gasteiger partial charge < -0.3 is 24.5 Å². The van der Waals surface area contributed by atoms with Crippen molar-refractivity contribution in [1.82, 2.24) is 0 Å². The summed E-state index contributed by atoms with van der Waals surface area (Å²) in [7, 11) is 0. The monoisotopic (exact) mass is 246 g/mol. The summed E-state index contributed by atoms with van der Waals surface area (Å²) < 4.78 is 4.26. The van der Waals surface area contributed by atoms with E-state index in [-0.39, 0.29) is 64.7 Å². The number of hydrogen-bond acceptors (Lipinski definition) is 6. The van der Waals surface area contributed by atoms with Crippen LogP contribution in [-0.4, -0.2) is 24.0 Å². The van der Waals surface area contributed by atoms with Crippen LogP contribution < -0.4 is 69.3 Å². The van der Waals surface area contributed by atoms with E-state index < -0.39 is 30.4 Å². The maximum Gasteiger partial charge on any atom is 1.00 e. The van der Waals surface area contributed by atoms with Gasteiger partial charge in [-0.05, 0) is 6.92 Å². The summed E-state index contributed by atoms with van der Waals surface area (Å²) in [6, 6.07) is 0. The Bertz CT molecular complexity index is 288. The molecule has 0 saturated heterocycles. The van der Waals surface area contributed by atoms with Crippen LogP contribution in [-0.2, 0) is 19.1 Å². The smallest absolute Gasteiger partial charge is 0.550 e. The van der Waals surface area contributed by atoms with Gasteiger partial charge in [-0.2, -0.15) is 0 Å². The maximum absolute atomic E-state index is 10.8. The number of carboxylic acids is 2. The van der Waals surface area contributed by atoms with Crippen LogP contribution in [0.4, 0.5) is 0 Å². The van der Waals surface area contributed by atoms with Gasteiger partial charge in [-0.25, -0.2) is 4.79 Å². The van der Waals surface area contributed by atoms with Gasteiger partial charge in [0, 0.05) is 18.0 Å². The second-order valence-electron chi connectivity index (χ2n) is 2.57. The Morgan fingerprint density at radius 1 is 1.25 bits per heavy atom. The first-order chi connectivity index (χ1) is 6.34. The van der Waals surface area contributed by atoms with E-state index in [1.165, 1.54) is 6.92 Å². The van der Waals surface area contributed by atoms with Crippen molar-refractivity contribution in [2.75, 3.05) is 0 Å². The zero-order valence-electron chi connectivity index (χ0n) is 9.44. The van der Waals surface area contributed by atoms with Crippen LogP contribution in [0.2, 0.25) is 0 Å². The molecule has 6 nitrogen and oxygen atoms in total. The summed E-state index contributed by atoms with van der Waals surface area (Å²) in [5.41, 5.74) is -0.0328. The first kappa shape index (κ1) is 21.4. The van der Waals surface area contributed by atoms with Crippen molar-refractivity contribution < 1.29 is 88.4 Å². The summed E-state index contributed by atoms with van der Waals surface area (Å²) in [6.07, 6.45) is -2.79. The number of ether oxygens (including phenoxy) is 1. The molecule has 1 unspecified atom stereocenters. The van der Waals surface area contributed by atoms with Gasteiger partial charge in [-0.3, -0.25) is 0 Å². The molecular formula is C8H8Na2O6. The molecule has 0 aromatic heterocycles. The Balaban J connectivity index is -0.000000845. The van der Waals surface area contributed by atoms with E-state index in [1.54, 1.807) is 0 Å². The van der Waals surface area contributed by atoms with Crippen molar-refractivity contribution in [3.05, 3.63) is 12.2 Å². The molecule has 16 heavy (non-hydrogen) atoms. The van der Waals surface area contributed by atoms with Gasteiger partial charge in [-0.1, -0.05) is 6.58 Å². The van der Waals surface area contributed by atoms with Crippen LogP contribution in [0.25, 0.3) is 0 Å². The number of rotatable bonds is 5. The van der Waals surface area contributed by atoms with E-state index >= 15 is 0 Å². The molecule has 0 aromatic carbocycles. The summed E-state index contributed by atoms with van der Waals surface area (Å²) in [5.74, 6) is -4.42. The Kier molecular flexibility index (Phi) is 13.8. The van der Waals surface area contributed by atoms with Crippen LogP contribution in [0.1, 0.15) is 13.3 Å². The Morgan fingerprint density at radius 2 is 1.69 bits per heavy atom. The number of aliphatic carboxylic acids is 2. The molecule has 0 heterocycles. The number of carboxylic acid groups (broad SMARTS) is 2. The third-order valence-corrected chi connectivity index (χ3v) is 1.21. The van der Waals surface area contributed by atoms with E-state index in [0.717, 1.165) is 0 Å². The topological polar surface area (TPSA) is 107 Å². The van der Waals surface area contributed by atoms with Crippen molar-refractivity contribution in [2.24, 2.45) is 0 Å². The molecule has 1 atom stereocenters. The minimum absolute atomic E-state index is 0. The standard InChI is InChI=1S/C8H10O6.2Na/c1-4(2)8(13)14-5(7(11)12)3-6(9)10;;/h5H,1,3H2,2H3,(H,9,10)(H,11,12);;/q;2*+1/p-2. The normalized spacial score (nSPS) is 10.1. The minimum atomic E-state index is -1.84. The molecule has 0 spiro atoms. The largest absolute Gasteiger partial charge is 1.00 e. The molecular weight excluding hydrogens is 238 g/mol. The molecule has 8 heteroatoms. The summed E-state index contributed by atoms with van der Waals surface area (Å²) in [4.78, 5) is 31.1. The van der Waals surface area contributed by atoms with Gasteiger partial charge in [0.15, 0.2) is 0 Å². The first-order valence-electron chi connectivity index (χ1n) is 3.61. The fourth-order valence-corrected chi connectivity index (χ4v) is 0.554. The molecule has 0 aliphatic heterocycles. The molecule has 0 N–H and O–H groups in total. The quantitative estimate of drug-likeness (QED) is 0.271. The summed E-state index contributed by atoms with van der Waals surface area (Å²) >= 11 is 0. The molecule has 0 rings (SSSR count). The van der Waals surface area contributed by atoms with Crippen molar-refractivity contribution in [2.45, 2.75) is 19.4 Å². The molecule has 0 aliphatic carbocycles. The van der Waals surface area contributed by atoms with Gasteiger partial charge in [-0.15, -0.1) is 0 Å². The van der Waals surface area contributed by atoms with Gasteiger partial charge in [0.25, 0.3) is 0 Å². The third kappa shape index (κ3) is 9.38. The van der Waals surface area contributed by atoms with Crippen LogP contribution >= 0.6 is 0 Å². The molecule has 0 amide bonds. The summed E-state index contributed by atoms with van der Waals surface area (Å²) in [6.45, 7) is 4.49. The Morgan fingerprint density at radius 3 is 1.94 bits per heavy atom. The van der Waals surface area contributed by atoms with E-state index in [1.807, 2.05) is 0 Å². The summed E-state index contributed by atoms with van der Waals surface area (Å²) in [5, 5.41) is 20.3. The average molecular weight is 246 g/mol. The Hall–Kier alpha value is 0.150. The number of hydrogen-bond donors (Lipinski definition) is 0. The van der Waals surface area contributed by atoms with E-state index in [2.05, 4.69) is 11.3 Å². The fourth-order valence-electron chi connectivity index (χ4n) is 0.554. The van der Waals surface area contributed by atoms with Crippen LogP contribution in [0.3, 0.4) is 0 Å². The molecule has 0 aliphatic rings. The number of carbonyl (C=O) groups excluding carboxylic acids is 3. The van der Waals surface area contributed by atoms with Crippen LogP contribution in [0.15, 0.2) is 12.2 Å². The van der Waals surface area contributed by atoms with E-state index in [0.29, 0.717) is 0 Å². The van der Waals surface area contributed by atoms with Crippen molar-refractivity contribution in [3.63, 3.8) is 0 Å². The van der Waals surface area contributed by atoms with Crippen LogP contribution in [0, 0.1) is 0 Å². The molecule has 0 fully saturated rings. The first-order valence-corrected chi connectivity index (χ1v) is 3.61. The van der Waals surface area contributed by atoms with Gasteiger partial charge >= 0.3 is 65.1 Å². The molecule has 0 bridgehead atoms. The number of esters is 1. The van der Waals surface area contributed by atoms with Crippen molar-refractivity contribution >= 4 is 17.9 Å². The van der Waals surface area contributed by atoms with Crippen molar-refractivity contribution in [1.29, 1.82) is 0 Å². The SMILES string of the molecule is C=C(C)C(=O)OC(CC(=O)[O-])C(=O)[O-].[Na+].[Na+]. The minimum Gasteiger partial charge on any atom is -0.550 e. The fraction of sp³-hybridized carbons (Fsp3) is 0.375. The zero-order chi connectivity index (χ0) is 11.3. The molecule has 0 aromatic rings. The van der Waals surface area contributed by atoms with E-state index in [4.69, 9.17) is 0 Å². The molecule has 0 radical (unpaired) electrons. The van der Waals surface area contributed by atoms with E-state index in [9.17, 15) is 24.6 Å². The Labute approximate surface area is 137 Å². The second kappa shape index (κ2) is 10.3. The van der Waals surface area contributed by atoms with Gasteiger partial charge in [0.2, 0.25) is 0 Å². The second-order valence-corrected chi connectivity index (χ2v) is 2.57. The molecule has 78 valence electrons. The van der Waals surface area contributed by atoms with Gasteiger partial charge in [0.05, 0.1) is 5.97 Å². The predicted molar refractivity (Wildman–Crippen MR) is 39.3 cm³/mol. The predicted octanol–water partition coefficient (Wildman–Crippen LogP) is -8.63. The molecule has 0 saturated carbocycles. The van der Waals surface area contributed by atoms with Crippen molar-refractivity contribution in [3.8, 4) is 0 Å².